The second-order valence-electron chi connectivity index (χ2n) is 7.59. The van der Waals surface area contributed by atoms with Crippen LogP contribution in [-0.4, -0.2) is 28.3 Å². The van der Waals surface area contributed by atoms with E-state index in [9.17, 15) is 4.79 Å². The van der Waals surface area contributed by atoms with Crippen LogP contribution in [0.4, 0.5) is 0 Å². The molecule has 3 heterocycles. The highest BCUT2D eigenvalue weighted by Gasteiger charge is 2.43. The molecule has 1 aliphatic carbocycles. The normalized spacial score (nSPS) is 23.2. The Morgan fingerprint density at radius 3 is 3.00 bits per heavy atom. The van der Waals surface area contributed by atoms with Crippen molar-refractivity contribution in [3.05, 3.63) is 46.8 Å². The number of rotatable bonds is 2. The van der Waals surface area contributed by atoms with E-state index in [2.05, 4.69) is 15.5 Å². The van der Waals surface area contributed by atoms with E-state index in [1.807, 2.05) is 24.3 Å². The maximum Gasteiger partial charge on any atom is 0.272 e. The number of para-hydroxylation sites is 1. The monoisotopic (exact) mass is 353 g/mol. The molecule has 0 radical (unpaired) electrons. The molecule has 1 fully saturated rings. The average Bonchev–Trinajstić information content (AvgIpc) is 3.29. The number of nitrogens with zero attached hydrogens (tertiary/aromatic N) is 1. The number of ether oxygens (including phenoxy) is 2. The lowest BCUT2D eigenvalue weighted by atomic mass is 9.86. The van der Waals surface area contributed by atoms with Gasteiger partial charge in [-0.2, -0.15) is 5.10 Å². The molecule has 136 valence electrons. The first-order valence-corrected chi connectivity index (χ1v) is 9.47. The van der Waals surface area contributed by atoms with Crippen LogP contribution in [0.5, 0.6) is 5.75 Å². The SMILES string of the molecule is O=C(N[C@H]1CC2(CCCC2)Oc2ccccc21)c1n[nH]c2c1COCC2. The number of benzene rings is 1. The zero-order valence-corrected chi connectivity index (χ0v) is 14.7. The van der Waals surface area contributed by atoms with Gasteiger partial charge in [0.05, 0.1) is 19.3 Å². The van der Waals surface area contributed by atoms with Crippen molar-refractivity contribution in [1.29, 1.82) is 0 Å². The maximum absolute atomic E-state index is 13.0. The Morgan fingerprint density at radius 1 is 1.27 bits per heavy atom. The Morgan fingerprint density at radius 2 is 2.12 bits per heavy atom. The minimum absolute atomic E-state index is 0.0533. The van der Waals surface area contributed by atoms with E-state index in [-0.39, 0.29) is 17.6 Å². The molecule has 5 rings (SSSR count). The number of hydrogen-bond acceptors (Lipinski definition) is 4. The van der Waals surface area contributed by atoms with Crippen LogP contribution in [0.2, 0.25) is 0 Å². The molecule has 0 saturated heterocycles. The fraction of sp³-hybridized carbons (Fsp3) is 0.500. The summed E-state index contributed by atoms with van der Waals surface area (Å²) in [5, 5.41) is 10.5. The van der Waals surface area contributed by atoms with Crippen LogP contribution >= 0.6 is 0 Å². The Kier molecular flexibility index (Phi) is 3.74. The summed E-state index contributed by atoms with van der Waals surface area (Å²) in [6, 6.07) is 8.00. The molecule has 3 aliphatic rings. The Hall–Kier alpha value is -2.34. The van der Waals surface area contributed by atoms with E-state index in [0.717, 1.165) is 48.3 Å². The van der Waals surface area contributed by atoms with Gasteiger partial charge in [0.15, 0.2) is 5.69 Å². The van der Waals surface area contributed by atoms with E-state index in [1.165, 1.54) is 12.8 Å². The van der Waals surface area contributed by atoms with Gasteiger partial charge in [-0.1, -0.05) is 18.2 Å². The van der Waals surface area contributed by atoms with Gasteiger partial charge in [-0.25, -0.2) is 0 Å². The molecule has 0 unspecified atom stereocenters. The van der Waals surface area contributed by atoms with Crippen LogP contribution in [0.1, 0.15) is 65.5 Å². The van der Waals surface area contributed by atoms with Crippen molar-refractivity contribution in [1.82, 2.24) is 15.5 Å². The molecule has 6 heteroatoms. The van der Waals surface area contributed by atoms with Crippen LogP contribution < -0.4 is 10.1 Å². The largest absolute Gasteiger partial charge is 0.487 e. The summed E-state index contributed by atoms with van der Waals surface area (Å²) >= 11 is 0. The highest BCUT2D eigenvalue weighted by Crippen LogP contribution is 2.47. The average molecular weight is 353 g/mol. The summed E-state index contributed by atoms with van der Waals surface area (Å²) in [7, 11) is 0. The third-order valence-electron chi connectivity index (χ3n) is 5.93. The van der Waals surface area contributed by atoms with E-state index < -0.39 is 0 Å². The molecular weight excluding hydrogens is 330 g/mol. The quantitative estimate of drug-likeness (QED) is 0.870. The van der Waals surface area contributed by atoms with Crippen molar-refractivity contribution in [2.75, 3.05) is 6.61 Å². The summed E-state index contributed by atoms with van der Waals surface area (Å²) in [6.07, 6.45) is 6.08. The molecule has 1 atom stereocenters. The lowest BCUT2D eigenvalue weighted by Gasteiger charge is -2.40. The maximum atomic E-state index is 13.0. The van der Waals surface area contributed by atoms with Crippen molar-refractivity contribution >= 4 is 5.91 Å². The molecule has 1 spiro atoms. The second kappa shape index (κ2) is 6.13. The van der Waals surface area contributed by atoms with Crippen LogP contribution in [0.25, 0.3) is 0 Å². The standard InChI is InChI=1S/C20H23N3O3/c24-19(18-14-12-25-10-7-15(14)22-23-18)21-16-11-20(8-3-4-9-20)26-17-6-2-1-5-13(16)17/h1-2,5-6,16H,3-4,7-12H2,(H,21,24)(H,22,23)/t16-/m0/s1. The van der Waals surface area contributed by atoms with Gasteiger partial charge >= 0.3 is 0 Å². The van der Waals surface area contributed by atoms with Crippen LogP contribution in [0.3, 0.4) is 0 Å². The predicted octanol–water partition coefficient (Wildman–Crippen LogP) is 3.05. The van der Waals surface area contributed by atoms with Gasteiger partial charge in [0.2, 0.25) is 0 Å². The van der Waals surface area contributed by atoms with Crippen LogP contribution in [0.15, 0.2) is 24.3 Å². The zero-order valence-electron chi connectivity index (χ0n) is 14.7. The van der Waals surface area contributed by atoms with Crippen molar-refractivity contribution in [3.8, 4) is 5.75 Å². The molecule has 1 aromatic heterocycles. The Bertz CT molecular complexity index is 839. The minimum atomic E-state index is -0.138. The van der Waals surface area contributed by atoms with Gasteiger partial charge in [0.25, 0.3) is 5.91 Å². The molecular formula is C20H23N3O3. The van der Waals surface area contributed by atoms with E-state index in [4.69, 9.17) is 9.47 Å². The van der Waals surface area contributed by atoms with E-state index >= 15 is 0 Å². The Labute approximate surface area is 152 Å². The van der Waals surface area contributed by atoms with Gasteiger partial charge < -0.3 is 14.8 Å². The van der Waals surface area contributed by atoms with E-state index in [1.54, 1.807) is 0 Å². The number of amides is 1. The van der Waals surface area contributed by atoms with E-state index in [0.29, 0.717) is 18.9 Å². The lowest BCUT2D eigenvalue weighted by Crippen LogP contribution is -2.43. The second-order valence-corrected chi connectivity index (χ2v) is 7.59. The van der Waals surface area contributed by atoms with Crippen molar-refractivity contribution in [3.63, 3.8) is 0 Å². The highest BCUT2D eigenvalue weighted by molar-refractivity contribution is 5.94. The predicted molar refractivity (Wildman–Crippen MR) is 95.0 cm³/mol. The smallest absolute Gasteiger partial charge is 0.272 e. The number of H-pyrrole nitrogens is 1. The first-order valence-electron chi connectivity index (χ1n) is 9.47. The minimum Gasteiger partial charge on any atom is -0.487 e. The third-order valence-corrected chi connectivity index (χ3v) is 5.93. The summed E-state index contributed by atoms with van der Waals surface area (Å²) in [5.74, 6) is 0.765. The highest BCUT2D eigenvalue weighted by atomic mass is 16.5. The number of aromatic nitrogens is 2. The molecule has 0 bridgehead atoms. The zero-order chi connectivity index (χ0) is 17.6. The summed E-state index contributed by atoms with van der Waals surface area (Å²) in [4.78, 5) is 13.0. The first kappa shape index (κ1) is 15.9. The fourth-order valence-electron chi connectivity index (χ4n) is 4.60. The number of hydrogen-bond donors (Lipinski definition) is 2. The number of nitrogens with one attached hydrogen (secondary N) is 2. The summed E-state index contributed by atoms with van der Waals surface area (Å²) in [6.45, 7) is 1.12. The van der Waals surface area contributed by atoms with Gasteiger partial charge in [-0.3, -0.25) is 9.89 Å². The van der Waals surface area contributed by atoms with Gasteiger partial charge in [-0.15, -0.1) is 0 Å². The van der Waals surface area contributed by atoms with Crippen LogP contribution in [0, 0.1) is 0 Å². The lowest BCUT2D eigenvalue weighted by molar-refractivity contribution is 0.0359. The molecule has 2 N–H and O–H groups in total. The molecule has 6 nitrogen and oxygen atoms in total. The summed E-state index contributed by atoms with van der Waals surface area (Å²) < 4.78 is 11.9. The molecule has 2 aromatic rings. The van der Waals surface area contributed by atoms with Gasteiger partial charge in [0, 0.05) is 29.7 Å². The van der Waals surface area contributed by atoms with Crippen molar-refractivity contribution in [2.45, 2.75) is 56.8 Å². The molecule has 2 aliphatic heterocycles. The molecule has 1 aromatic carbocycles. The topological polar surface area (TPSA) is 76.2 Å². The number of fused-ring (bicyclic) bond motifs is 2. The number of carbonyl (C=O) groups excluding carboxylic acids is 1. The fourth-order valence-corrected chi connectivity index (χ4v) is 4.60. The number of aromatic amines is 1. The Balaban J connectivity index is 1.44. The van der Waals surface area contributed by atoms with Crippen LogP contribution in [-0.2, 0) is 17.8 Å². The summed E-state index contributed by atoms with van der Waals surface area (Å²) in [5.41, 5.74) is 3.29. The third kappa shape index (κ3) is 2.60. The molecule has 1 saturated carbocycles. The van der Waals surface area contributed by atoms with Crippen molar-refractivity contribution in [2.24, 2.45) is 0 Å². The van der Waals surface area contributed by atoms with Gasteiger partial charge in [0.1, 0.15) is 11.4 Å². The van der Waals surface area contributed by atoms with Gasteiger partial charge in [-0.05, 0) is 31.7 Å². The van der Waals surface area contributed by atoms with Crippen molar-refractivity contribution < 1.29 is 14.3 Å². The first-order chi connectivity index (χ1) is 12.7. The molecule has 1 amide bonds. The number of carbonyl (C=O) groups is 1. The molecule has 26 heavy (non-hydrogen) atoms.